The molecule has 1 N–H and O–H groups in total. The fourth-order valence-electron chi connectivity index (χ4n) is 2.03. The van der Waals surface area contributed by atoms with Gasteiger partial charge in [-0.1, -0.05) is 37.3 Å². The van der Waals surface area contributed by atoms with Crippen LogP contribution in [0.25, 0.3) is 0 Å². The highest BCUT2D eigenvalue weighted by Crippen LogP contribution is 2.17. The Morgan fingerprint density at radius 3 is 2.76 bits per heavy atom. The number of hydrogen-bond acceptors (Lipinski definition) is 2. The van der Waals surface area contributed by atoms with Gasteiger partial charge in [-0.05, 0) is 35.7 Å². The minimum atomic E-state index is -0.241. The maximum Gasteiger partial charge on any atom is 0.234 e. The molecular formula is C17H18FNOS. The van der Waals surface area contributed by atoms with Crippen LogP contribution in [0.5, 0.6) is 0 Å². The number of aryl methyl sites for hydroxylation is 1. The van der Waals surface area contributed by atoms with E-state index in [2.05, 4.69) is 12.2 Å². The first-order valence-electron chi connectivity index (χ1n) is 6.89. The third-order valence-electron chi connectivity index (χ3n) is 3.06. The van der Waals surface area contributed by atoms with Gasteiger partial charge < -0.3 is 5.32 Å². The van der Waals surface area contributed by atoms with Crippen molar-refractivity contribution >= 4 is 23.4 Å². The number of carbonyl (C=O) groups is 1. The van der Waals surface area contributed by atoms with E-state index in [1.165, 1.54) is 23.9 Å². The fourth-order valence-corrected chi connectivity index (χ4v) is 2.80. The zero-order valence-electron chi connectivity index (χ0n) is 11.9. The van der Waals surface area contributed by atoms with Gasteiger partial charge in [0.25, 0.3) is 0 Å². The van der Waals surface area contributed by atoms with E-state index in [1.54, 1.807) is 6.07 Å². The minimum Gasteiger partial charge on any atom is -0.325 e. The number of thioether (sulfide) groups is 1. The number of para-hydroxylation sites is 1. The van der Waals surface area contributed by atoms with E-state index >= 15 is 0 Å². The van der Waals surface area contributed by atoms with Crippen LogP contribution in [0.15, 0.2) is 48.5 Å². The van der Waals surface area contributed by atoms with Crippen molar-refractivity contribution in [1.82, 2.24) is 0 Å². The Labute approximate surface area is 128 Å². The second-order valence-corrected chi connectivity index (χ2v) is 5.67. The van der Waals surface area contributed by atoms with Gasteiger partial charge in [0.2, 0.25) is 5.91 Å². The van der Waals surface area contributed by atoms with Gasteiger partial charge in [0.05, 0.1) is 5.75 Å². The maximum atomic E-state index is 13.0. The minimum absolute atomic E-state index is 0.0303. The summed E-state index contributed by atoms with van der Waals surface area (Å²) in [6.45, 7) is 2.06. The Bertz CT molecular complexity index is 615. The van der Waals surface area contributed by atoms with Crippen LogP contribution >= 0.6 is 11.8 Å². The molecule has 0 bridgehead atoms. The molecule has 0 atom stereocenters. The highest BCUT2D eigenvalue weighted by Gasteiger charge is 2.06. The summed E-state index contributed by atoms with van der Waals surface area (Å²) in [7, 11) is 0. The second kappa shape index (κ2) is 7.84. The van der Waals surface area contributed by atoms with Crippen LogP contribution in [0, 0.1) is 5.82 Å². The Kier molecular flexibility index (Phi) is 5.81. The SMILES string of the molecule is CCc1ccccc1NC(=O)CSCc1cccc(F)c1. The van der Waals surface area contributed by atoms with Crippen LogP contribution in [0.2, 0.25) is 0 Å². The van der Waals surface area contributed by atoms with Crippen molar-refractivity contribution in [3.8, 4) is 0 Å². The van der Waals surface area contributed by atoms with E-state index < -0.39 is 0 Å². The Morgan fingerprint density at radius 1 is 1.19 bits per heavy atom. The van der Waals surface area contributed by atoms with Crippen LogP contribution in [-0.2, 0) is 17.0 Å². The van der Waals surface area contributed by atoms with Crippen LogP contribution in [0.4, 0.5) is 10.1 Å². The van der Waals surface area contributed by atoms with Gasteiger partial charge >= 0.3 is 0 Å². The van der Waals surface area contributed by atoms with Crippen molar-refractivity contribution < 1.29 is 9.18 Å². The van der Waals surface area contributed by atoms with E-state index in [1.807, 2.05) is 30.3 Å². The molecule has 2 aromatic rings. The van der Waals surface area contributed by atoms with Crippen molar-refractivity contribution in [3.63, 3.8) is 0 Å². The lowest BCUT2D eigenvalue weighted by Crippen LogP contribution is -2.15. The molecule has 0 saturated heterocycles. The first-order chi connectivity index (χ1) is 10.2. The highest BCUT2D eigenvalue weighted by atomic mass is 32.2. The number of benzene rings is 2. The second-order valence-electron chi connectivity index (χ2n) is 4.68. The number of nitrogens with one attached hydrogen (secondary N) is 1. The molecule has 110 valence electrons. The van der Waals surface area contributed by atoms with Crippen LogP contribution in [0.1, 0.15) is 18.1 Å². The van der Waals surface area contributed by atoms with Gasteiger partial charge in [-0.2, -0.15) is 0 Å². The summed E-state index contributed by atoms with van der Waals surface area (Å²) in [6, 6.07) is 14.3. The maximum absolute atomic E-state index is 13.0. The number of rotatable bonds is 6. The van der Waals surface area contributed by atoms with Crippen molar-refractivity contribution in [3.05, 3.63) is 65.5 Å². The van der Waals surface area contributed by atoms with Gasteiger partial charge in [-0.15, -0.1) is 11.8 Å². The summed E-state index contributed by atoms with van der Waals surface area (Å²) in [6.07, 6.45) is 0.882. The molecule has 0 spiro atoms. The Morgan fingerprint density at radius 2 is 2.00 bits per heavy atom. The van der Waals surface area contributed by atoms with E-state index in [0.29, 0.717) is 11.5 Å². The quantitative estimate of drug-likeness (QED) is 0.864. The predicted octanol–water partition coefficient (Wildman–Crippen LogP) is 4.26. The molecule has 0 aliphatic rings. The van der Waals surface area contributed by atoms with Crippen molar-refractivity contribution in [1.29, 1.82) is 0 Å². The average molecular weight is 303 g/mol. The number of halogens is 1. The predicted molar refractivity (Wildman–Crippen MR) is 87.0 cm³/mol. The molecule has 0 aromatic heterocycles. The van der Waals surface area contributed by atoms with E-state index in [4.69, 9.17) is 0 Å². The first-order valence-corrected chi connectivity index (χ1v) is 8.04. The highest BCUT2D eigenvalue weighted by molar-refractivity contribution is 7.99. The molecule has 21 heavy (non-hydrogen) atoms. The van der Waals surface area contributed by atoms with E-state index in [9.17, 15) is 9.18 Å². The molecule has 0 aliphatic heterocycles. The number of hydrogen-bond donors (Lipinski definition) is 1. The molecule has 0 radical (unpaired) electrons. The lowest BCUT2D eigenvalue weighted by molar-refractivity contribution is -0.113. The van der Waals surface area contributed by atoms with Gasteiger partial charge in [0.1, 0.15) is 5.82 Å². The first kappa shape index (κ1) is 15.6. The van der Waals surface area contributed by atoms with E-state index in [0.717, 1.165) is 23.2 Å². The zero-order valence-corrected chi connectivity index (χ0v) is 12.8. The molecule has 0 fully saturated rings. The smallest absolute Gasteiger partial charge is 0.234 e. The summed E-state index contributed by atoms with van der Waals surface area (Å²) < 4.78 is 13.0. The molecule has 4 heteroatoms. The molecule has 2 nitrogen and oxygen atoms in total. The molecule has 0 saturated carbocycles. The van der Waals surface area contributed by atoms with Crippen LogP contribution in [-0.4, -0.2) is 11.7 Å². The molecule has 1 amide bonds. The van der Waals surface area contributed by atoms with E-state index in [-0.39, 0.29) is 11.7 Å². The van der Waals surface area contributed by atoms with Gasteiger partial charge in [0, 0.05) is 11.4 Å². The van der Waals surface area contributed by atoms with Gasteiger partial charge in [-0.25, -0.2) is 4.39 Å². The van der Waals surface area contributed by atoms with Crippen molar-refractivity contribution in [2.45, 2.75) is 19.1 Å². The monoisotopic (exact) mass is 303 g/mol. The van der Waals surface area contributed by atoms with Gasteiger partial charge in [0.15, 0.2) is 0 Å². The Hall–Kier alpha value is -1.81. The normalized spacial score (nSPS) is 10.4. The lowest BCUT2D eigenvalue weighted by atomic mass is 10.1. The zero-order chi connectivity index (χ0) is 15.1. The molecule has 2 rings (SSSR count). The van der Waals surface area contributed by atoms with Gasteiger partial charge in [-0.3, -0.25) is 4.79 Å². The number of carbonyl (C=O) groups excluding carboxylic acids is 1. The summed E-state index contributed by atoms with van der Waals surface area (Å²) in [5, 5.41) is 2.93. The lowest BCUT2D eigenvalue weighted by Gasteiger charge is -2.09. The summed E-state index contributed by atoms with van der Waals surface area (Å²) in [4.78, 5) is 11.9. The molecule has 0 aliphatic carbocycles. The van der Waals surface area contributed by atoms with Crippen molar-refractivity contribution in [2.24, 2.45) is 0 Å². The summed E-state index contributed by atoms with van der Waals surface area (Å²) in [5.41, 5.74) is 2.89. The van der Waals surface area contributed by atoms with Crippen molar-refractivity contribution in [2.75, 3.05) is 11.1 Å². The topological polar surface area (TPSA) is 29.1 Å². The summed E-state index contributed by atoms with van der Waals surface area (Å²) >= 11 is 1.48. The molecule has 0 heterocycles. The van der Waals surface area contributed by atoms with Crippen LogP contribution in [0.3, 0.4) is 0 Å². The average Bonchev–Trinajstić information content (AvgIpc) is 2.48. The molecule has 2 aromatic carbocycles. The standard InChI is InChI=1S/C17H18FNOS/c1-2-14-7-3-4-9-16(14)19-17(20)12-21-11-13-6-5-8-15(18)10-13/h3-10H,2,11-12H2,1H3,(H,19,20). The largest absolute Gasteiger partial charge is 0.325 e. The molecular weight excluding hydrogens is 285 g/mol. The number of anilines is 1. The Balaban J connectivity index is 1.82. The third kappa shape index (κ3) is 4.90. The summed E-state index contributed by atoms with van der Waals surface area (Å²) in [5.74, 6) is 0.710. The molecule has 0 unspecified atom stereocenters. The number of amides is 1. The van der Waals surface area contributed by atoms with Crippen LogP contribution < -0.4 is 5.32 Å². The fraction of sp³-hybridized carbons (Fsp3) is 0.235. The third-order valence-corrected chi connectivity index (χ3v) is 4.07.